The van der Waals surface area contributed by atoms with Crippen LogP contribution in [0.1, 0.15) is 24.4 Å². The van der Waals surface area contributed by atoms with Crippen molar-refractivity contribution in [2.24, 2.45) is 5.92 Å². The molecule has 4 aromatic heterocycles. The highest BCUT2D eigenvalue weighted by molar-refractivity contribution is 7.98. The Morgan fingerprint density at radius 2 is 2.03 bits per heavy atom. The maximum Gasteiger partial charge on any atom is 0.140 e. The molecular weight excluding hydrogens is 394 g/mol. The van der Waals surface area contributed by atoms with Crippen molar-refractivity contribution in [3.63, 3.8) is 0 Å². The van der Waals surface area contributed by atoms with Crippen molar-refractivity contribution in [1.82, 2.24) is 30.2 Å². The van der Waals surface area contributed by atoms with Crippen molar-refractivity contribution in [2.45, 2.75) is 30.0 Å². The zero-order chi connectivity index (χ0) is 20.1. The molecule has 2 atom stereocenters. The van der Waals surface area contributed by atoms with Gasteiger partial charge in [0.05, 0.1) is 22.8 Å². The van der Waals surface area contributed by atoms with Gasteiger partial charge in [-0.25, -0.2) is 15.0 Å². The number of anilines is 1. The number of fused-ring (bicyclic) bond motifs is 2. The van der Waals surface area contributed by atoms with E-state index in [1.54, 1.807) is 18.1 Å². The highest BCUT2D eigenvalue weighted by Crippen LogP contribution is 2.40. The van der Waals surface area contributed by atoms with Crippen LogP contribution in [-0.4, -0.2) is 50.3 Å². The lowest BCUT2D eigenvalue weighted by Crippen LogP contribution is -2.53. The average molecular weight is 418 g/mol. The lowest BCUT2D eigenvalue weighted by molar-refractivity contribution is 0.368. The molecule has 2 N–H and O–H groups in total. The lowest BCUT2D eigenvalue weighted by atomic mass is 9.97. The van der Waals surface area contributed by atoms with Gasteiger partial charge >= 0.3 is 0 Å². The van der Waals surface area contributed by atoms with E-state index in [-0.39, 0.29) is 6.04 Å². The Kier molecular flexibility index (Phi) is 4.35. The molecule has 0 aromatic carbocycles. The van der Waals surface area contributed by atoms with Gasteiger partial charge in [0, 0.05) is 42.3 Å². The van der Waals surface area contributed by atoms with Gasteiger partial charge in [-0.3, -0.25) is 4.98 Å². The first-order valence-electron chi connectivity index (χ1n) is 10.4. The zero-order valence-corrected chi connectivity index (χ0v) is 17.6. The number of piperazine rings is 1. The van der Waals surface area contributed by atoms with Crippen LogP contribution < -0.4 is 10.2 Å². The number of nitrogens with zero attached hydrogens (tertiary/aromatic N) is 5. The first-order chi connectivity index (χ1) is 14.8. The van der Waals surface area contributed by atoms with E-state index in [0.29, 0.717) is 6.04 Å². The normalized spacial score (nSPS) is 22.1. The van der Waals surface area contributed by atoms with Gasteiger partial charge in [-0.2, -0.15) is 0 Å². The SMILES string of the molecule is CSc1cc2c(C3CNC(C4CC4)CN3c3ncnc4cnccc34)ccnc2[nH]1. The van der Waals surface area contributed by atoms with Crippen molar-refractivity contribution in [2.75, 3.05) is 24.2 Å². The number of aromatic nitrogens is 5. The average Bonchev–Trinajstić information content (AvgIpc) is 3.56. The molecule has 8 heteroatoms. The summed E-state index contributed by atoms with van der Waals surface area (Å²) in [7, 11) is 0. The summed E-state index contributed by atoms with van der Waals surface area (Å²) in [5.74, 6) is 1.76. The fourth-order valence-corrected chi connectivity index (χ4v) is 5.08. The minimum absolute atomic E-state index is 0.169. The van der Waals surface area contributed by atoms with E-state index < -0.39 is 0 Å². The molecule has 0 spiro atoms. The number of hydrogen-bond donors (Lipinski definition) is 2. The Bertz CT molecular complexity index is 1210. The van der Waals surface area contributed by atoms with E-state index in [0.717, 1.165) is 46.4 Å². The van der Waals surface area contributed by atoms with E-state index >= 15 is 0 Å². The third-order valence-electron chi connectivity index (χ3n) is 6.34. The van der Waals surface area contributed by atoms with Crippen LogP contribution in [0.15, 0.2) is 48.1 Å². The number of thioether (sulfide) groups is 1. The number of nitrogens with one attached hydrogen (secondary N) is 2. The number of hydrogen-bond acceptors (Lipinski definition) is 7. The summed E-state index contributed by atoms with van der Waals surface area (Å²) >= 11 is 1.71. The summed E-state index contributed by atoms with van der Waals surface area (Å²) in [5, 5.41) is 7.20. The number of rotatable bonds is 4. The number of H-pyrrole nitrogens is 1. The third-order valence-corrected chi connectivity index (χ3v) is 7.00. The number of aromatic amines is 1. The van der Waals surface area contributed by atoms with Gasteiger partial charge in [0.15, 0.2) is 0 Å². The second-order valence-corrected chi connectivity index (χ2v) is 8.96. The fourth-order valence-electron chi connectivity index (χ4n) is 4.65. The molecule has 2 aliphatic rings. The number of pyridine rings is 2. The van der Waals surface area contributed by atoms with E-state index in [2.05, 4.69) is 48.5 Å². The van der Waals surface area contributed by atoms with Crippen molar-refractivity contribution < 1.29 is 0 Å². The molecular formula is C22H23N7S. The molecule has 4 aromatic rings. The molecule has 7 nitrogen and oxygen atoms in total. The summed E-state index contributed by atoms with van der Waals surface area (Å²) in [5.41, 5.74) is 3.10. The van der Waals surface area contributed by atoms with Crippen LogP contribution in [0.5, 0.6) is 0 Å². The summed E-state index contributed by atoms with van der Waals surface area (Å²) < 4.78 is 0. The molecule has 1 saturated carbocycles. The quantitative estimate of drug-likeness (QED) is 0.491. The van der Waals surface area contributed by atoms with Crippen LogP contribution in [0.4, 0.5) is 5.82 Å². The Labute approximate surface area is 178 Å². The molecule has 152 valence electrons. The van der Waals surface area contributed by atoms with E-state index in [1.165, 1.54) is 23.8 Å². The molecule has 1 saturated heterocycles. The van der Waals surface area contributed by atoms with Crippen molar-refractivity contribution >= 4 is 39.5 Å². The largest absolute Gasteiger partial charge is 0.346 e. The van der Waals surface area contributed by atoms with Crippen LogP contribution in [-0.2, 0) is 0 Å². The van der Waals surface area contributed by atoms with E-state index in [1.807, 2.05) is 24.7 Å². The molecule has 6 rings (SSSR count). The molecule has 1 aliphatic carbocycles. The Morgan fingerprint density at radius 3 is 2.90 bits per heavy atom. The van der Waals surface area contributed by atoms with Gasteiger partial charge < -0.3 is 15.2 Å². The fraction of sp³-hybridized carbons (Fsp3) is 0.364. The molecule has 0 amide bonds. The van der Waals surface area contributed by atoms with E-state index in [9.17, 15) is 0 Å². The van der Waals surface area contributed by atoms with Gasteiger partial charge in [0.2, 0.25) is 0 Å². The highest BCUT2D eigenvalue weighted by atomic mass is 32.2. The minimum atomic E-state index is 0.169. The smallest absolute Gasteiger partial charge is 0.140 e. The van der Waals surface area contributed by atoms with Crippen molar-refractivity contribution in [3.8, 4) is 0 Å². The summed E-state index contributed by atoms with van der Waals surface area (Å²) in [4.78, 5) is 23.9. The van der Waals surface area contributed by atoms with Crippen LogP contribution in [0.3, 0.4) is 0 Å². The summed E-state index contributed by atoms with van der Waals surface area (Å²) in [6.07, 6.45) is 11.9. The predicted octanol–water partition coefficient (Wildman–Crippen LogP) is 3.55. The molecule has 0 radical (unpaired) electrons. The van der Waals surface area contributed by atoms with Crippen LogP contribution in [0, 0.1) is 5.92 Å². The van der Waals surface area contributed by atoms with Crippen molar-refractivity contribution in [1.29, 1.82) is 0 Å². The van der Waals surface area contributed by atoms with Crippen LogP contribution in [0.25, 0.3) is 21.9 Å². The standard InChI is InChI=1S/C22H23N7S/c1-30-20-8-16-14(5-7-24-21(16)28-20)19-10-25-18(13-2-3-13)11-29(19)22-15-4-6-23-9-17(15)26-12-27-22/h4-9,12-13,18-19,25H,2-3,10-11H2,1H3,(H,24,28). The third kappa shape index (κ3) is 3.02. The molecule has 2 unspecified atom stereocenters. The first-order valence-corrected chi connectivity index (χ1v) is 11.6. The van der Waals surface area contributed by atoms with Gasteiger partial charge in [-0.15, -0.1) is 11.8 Å². The van der Waals surface area contributed by atoms with Gasteiger partial charge in [-0.1, -0.05) is 0 Å². The molecule has 2 fully saturated rings. The van der Waals surface area contributed by atoms with Gasteiger partial charge in [0.1, 0.15) is 17.8 Å². The Balaban J connectivity index is 1.49. The Hall–Kier alpha value is -2.71. The van der Waals surface area contributed by atoms with Gasteiger partial charge in [0.25, 0.3) is 0 Å². The second kappa shape index (κ2) is 7.21. The van der Waals surface area contributed by atoms with Crippen LogP contribution in [0.2, 0.25) is 0 Å². The van der Waals surface area contributed by atoms with Gasteiger partial charge in [-0.05, 0) is 48.8 Å². The summed E-state index contributed by atoms with van der Waals surface area (Å²) in [6.45, 7) is 1.82. The predicted molar refractivity (Wildman–Crippen MR) is 120 cm³/mol. The maximum atomic E-state index is 4.75. The Morgan fingerprint density at radius 1 is 1.10 bits per heavy atom. The molecule has 1 aliphatic heterocycles. The topological polar surface area (TPSA) is 82.6 Å². The zero-order valence-electron chi connectivity index (χ0n) is 16.7. The maximum absolute atomic E-state index is 4.75. The monoisotopic (exact) mass is 417 g/mol. The van der Waals surface area contributed by atoms with Crippen molar-refractivity contribution in [3.05, 3.63) is 48.7 Å². The highest BCUT2D eigenvalue weighted by Gasteiger charge is 2.39. The minimum Gasteiger partial charge on any atom is -0.346 e. The molecule has 0 bridgehead atoms. The second-order valence-electron chi connectivity index (χ2n) is 8.11. The molecule has 5 heterocycles. The first kappa shape index (κ1) is 18.1. The van der Waals surface area contributed by atoms with E-state index in [4.69, 9.17) is 4.98 Å². The summed E-state index contributed by atoms with van der Waals surface area (Å²) in [6, 6.07) is 7.07. The van der Waals surface area contributed by atoms with Crippen LogP contribution >= 0.6 is 11.8 Å². The lowest BCUT2D eigenvalue weighted by Gasteiger charge is -2.42. The molecule has 30 heavy (non-hydrogen) atoms.